The van der Waals surface area contributed by atoms with Crippen molar-refractivity contribution in [3.05, 3.63) is 36.0 Å². The van der Waals surface area contributed by atoms with E-state index in [9.17, 15) is 4.79 Å². The molecule has 150 valence electrons. The summed E-state index contributed by atoms with van der Waals surface area (Å²) in [6.45, 7) is 9.94. The first-order chi connectivity index (χ1) is 13.6. The number of carbonyl (C=O) groups is 1. The van der Waals surface area contributed by atoms with Gasteiger partial charge in [-0.15, -0.1) is 0 Å². The zero-order valence-electron chi connectivity index (χ0n) is 16.7. The summed E-state index contributed by atoms with van der Waals surface area (Å²) in [4.78, 5) is 25.7. The number of carbonyl (C=O) groups excluding carboxylic acids is 1. The van der Waals surface area contributed by atoms with Crippen LogP contribution in [-0.2, 0) is 0 Å². The van der Waals surface area contributed by atoms with Gasteiger partial charge in [-0.3, -0.25) is 0 Å². The maximum Gasteiger partial charge on any atom is 0.322 e. The second kappa shape index (κ2) is 9.25. The molecule has 0 spiro atoms. The fraction of sp³-hybridized carbons (Fsp3) is 0.450. The SMILES string of the molecule is CCNc1nc(C)cc(N2CCN(C(=O)Nc3ccccc3OCC)CC2)n1. The predicted octanol–water partition coefficient (Wildman–Crippen LogP) is 2.97. The second-order valence-corrected chi connectivity index (χ2v) is 6.55. The highest BCUT2D eigenvalue weighted by Crippen LogP contribution is 2.24. The van der Waals surface area contributed by atoms with E-state index in [4.69, 9.17) is 4.74 Å². The van der Waals surface area contributed by atoms with Gasteiger partial charge in [-0.25, -0.2) is 9.78 Å². The van der Waals surface area contributed by atoms with E-state index in [-0.39, 0.29) is 6.03 Å². The summed E-state index contributed by atoms with van der Waals surface area (Å²) in [5, 5.41) is 6.12. The Labute approximate surface area is 165 Å². The lowest BCUT2D eigenvalue weighted by Gasteiger charge is -2.35. The number of benzene rings is 1. The van der Waals surface area contributed by atoms with Gasteiger partial charge in [-0.05, 0) is 32.9 Å². The Bertz CT molecular complexity index is 805. The van der Waals surface area contributed by atoms with Crippen LogP contribution in [0.3, 0.4) is 0 Å². The molecule has 3 rings (SSSR count). The van der Waals surface area contributed by atoms with Gasteiger partial charge < -0.3 is 25.2 Å². The molecule has 1 saturated heterocycles. The number of hydrogen-bond donors (Lipinski definition) is 2. The van der Waals surface area contributed by atoms with Crippen LogP contribution >= 0.6 is 0 Å². The minimum atomic E-state index is -0.112. The smallest absolute Gasteiger partial charge is 0.322 e. The first kappa shape index (κ1) is 19.7. The Hall–Kier alpha value is -3.03. The Balaban J connectivity index is 1.60. The molecule has 0 aliphatic carbocycles. The number of rotatable bonds is 6. The predicted molar refractivity (Wildman–Crippen MR) is 111 cm³/mol. The third kappa shape index (κ3) is 4.82. The molecule has 2 heterocycles. The summed E-state index contributed by atoms with van der Waals surface area (Å²) in [6.07, 6.45) is 0. The highest BCUT2D eigenvalue weighted by Gasteiger charge is 2.23. The third-order valence-electron chi connectivity index (χ3n) is 4.49. The van der Waals surface area contributed by atoms with E-state index >= 15 is 0 Å². The highest BCUT2D eigenvalue weighted by atomic mass is 16.5. The van der Waals surface area contributed by atoms with Crippen LogP contribution in [0.25, 0.3) is 0 Å². The third-order valence-corrected chi connectivity index (χ3v) is 4.49. The summed E-state index contributed by atoms with van der Waals surface area (Å²) in [5.74, 6) is 2.22. The lowest BCUT2D eigenvalue weighted by atomic mass is 10.3. The summed E-state index contributed by atoms with van der Waals surface area (Å²) in [6, 6.07) is 9.36. The van der Waals surface area contributed by atoms with Crippen LogP contribution in [0.15, 0.2) is 30.3 Å². The summed E-state index contributed by atoms with van der Waals surface area (Å²) < 4.78 is 5.58. The normalized spacial score (nSPS) is 14.0. The molecule has 2 N–H and O–H groups in total. The van der Waals surface area contributed by atoms with Crippen LogP contribution in [-0.4, -0.2) is 60.2 Å². The van der Waals surface area contributed by atoms with Crippen LogP contribution in [0, 0.1) is 6.92 Å². The number of para-hydroxylation sites is 2. The van der Waals surface area contributed by atoms with Crippen molar-refractivity contribution in [2.75, 3.05) is 54.9 Å². The second-order valence-electron chi connectivity index (χ2n) is 6.55. The average molecular weight is 384 g/mol. The number of aryl methyl sites for hydroxylation is 1. The number of hydrogen-bond acceptors (Lipinski definition) is 6. The molecule has 0 atom stereocenters. The van der Waals surface area contributed by atoms with Crippen LogP contribution in [0.5, 0.6) is 5.75 Å². The summed E-state index contributed by atoms with van der Waals surface area (Å²) in [7, 11) is 0. The van der Waals surface area contributed by atoms with Crippen molar-refractivity contribution in [3.63, 3.8) is 0 Å². The van der Waals surface area contributed by atoms with Crippen molar-refractivity contribution in [1.29, 1.82) is 0 Å². The quantitative estimate of drug-likeness (QED) is 0.797. The average Bonchev–Trinajstić information content (AvgIpc) is 2.69. The molecule has 0 unspecified atom stereocenters. The largest absolute Gasteiger partial charge is 0.492 e. The Morgan fingerprint density at radius 3 is 2.61 bits per heavy atom. The standard InChI is InChI=1S/C20H28N6O2/c1-4-21-19-22-15(3)14-18(24-19)25-10-12-26(13-11-25)20(27)23-16-8-6-7-9-17(16)28-5-2/h6-9,14H,4-5,10-13H2,1-3H3,(H,23,27)(H,21,22,24). The van der Waals surface area contributed by atoms with Gasteiger partial charge in [0.15, 0.2) is 0 Å². The maximum atomic E-state index is 12.7. The van der Waals surface area contributed by atoms with Crippen molar-refractivity contribution < 1.29 is 9.53 Å². The molecule has 28 heavy (non-hydrogen) atoms. The van der Waals surface area contributed by atoms with E-state index in [1.54, 1.807) is 0 Å². The Morgan fingerprint density at radius 2 is 1.89 bits per heavy atom. The first-order valence-electron chi connectivity index (χ1n) is 9.73. The van der Waals surface area contributed by atoms with Crippen molar-refractivity contribution >= 4 is 23.5 Å². The molecule has 0 saturated carbocycles. The van der Waals surface area contributed by atoms with E-state index in [1.807, 2.05) is 56.0 Å². The fourth-order valence-electron chi connectivity index (χ4n) is 3.14. The Kier molecular flexibility index (Phi) is 6.52. The highest BCUT2D eigenvalue weighted by molar-refractivity contribution is 5.91. The van der Waals surface area contributed by atoms with Crippen molar-refractivity contribution in [1.82, 2.24) is 14.9 Å². The van der Waals surface area contributed by atoms with Crippen molar-refractivity contribution in [3.8, 4) is 5.75 Å². The summed E-state index contributed by atoms with van der Waals surface area (Å²) >= 11 is 0. The minimum Gasteiger partial charge on any atom is -0.492 e. The number of aromatic nitrogens is 2. The monoisotopic (exact) mass is 384 g/mol. The Morgan fingerprint density at radius 1 is 1.14 bits per heavy atom. The molecule has 1 aromatic carbocycles. The van der Waals surface area contributed by atoms with E-state index in [1.165, 1.54) is 0 Å². The molecular weight excluding hydrogens is 356 g/mol. The van der Waals surface area contributed by atoms with E-state index < -0.39 is 0 Å². The topological polar surface area (TPSA) is 82.6 Å². The number of ether oxygens (including phenoxy) is 1. The van der Waals surface area contributed by atoms with Crippen LogP contribution < -0.4 is 20.3 Å². The first-order valence-corrected chi connectivity index (χ1v) is 9.73. The number of amides is 2. The number of urea groups is 1. The molecule has 1 aromatic heterocycles. The molecule has 1 aliphatic heterocycles. The zero-order chi connectivity index (χ0) is 19.9. The fourth-order valence-corrected chi connectivity index (χ4v) is 3.14. The molecule has 2 aromatic rings. The molecule has 8 heteroatoms. The molecule has 0 radical (unpaired) electrons. The number of nitrogens with zero attached hydrogens (tertiary/aromatic N) is 4. The molecule has 8 nitrogen and oxygen atoms in total. The lowest BCUT2D eigenvalue weighted by Crippen LogP contribution is -2.50. The van der Waals surface area contributed by atoms with Crippen molar-refractivity contribution in [2.24, 2.45) is 0 Å². The number of anilines is 3. The number of piperazine rings is 1. The van der Waals surface area contributed by atoms with E-state index in [0.717, 1.165) is 31.1 Å². The van der Waals surface area contributed by atoms with Crippen molar-refractivity contribution in [2.45, 2.75) is 20.8 Å². The molecule has 1 aliphatic rings. The summed E-state index contributed by atoms with van der Waals surface area (Å²) in [5.41, 5.74) is 1.62. The van der Waals surface area contributed by atoms with E-state index in [0.29, 0.717) is 37.1 Å². The van der Waals surface area contributed by atoms with Gasteiger partial charge in [0, 0.05) is 44.5 Å². The van der Waals surface area contributed by atoms with Gasteiger partial charge in [0.05, 0.1) is 12.3 Å². The van der Waals surface area contributed by atoms with Gasteiger partial charge >= 0.3 is 6.03 Å². The van der Waals surface area contributed by atoms with E-state index in [2.05, 4.69) is 25.5 Å². The number of nitrogens with one attached hydrogen (secondary N) is 2. The van der Waals surface area contributed by atoms with Gasteiger partial charge in [-0.2, -0.15) is 4.98 Å². The minimum absolute atomic E-state index is 0.112. The van der Waals surface area contributed by atoms with Gasteiger partial charge in [-0.1, -0.05) is 12.1 Å². The van der Waals surface area contributed by atoms with Gasteiger partial charge in [0.2, 0.25) is 5.95 Å². The van der Waals surface area contributed by atoms with Crippen LogP contribution in [0.1, 0.15) is 19.5 Å². The molecular formula is C20H28N6O2. The van der Waals surface area contributed by atoms with Gasteiger partial charge in [0.1, 0.15) is 11.6 Å². The lowest BCUT2D eigenvalue weighted by molar-refractivity contribution is 0.208. The van der Waals surface area contributed by atoms with Gasteiger partial charge in [0.25, 0.3) is 0 Å². The molecule has 0 bridgehead atoms. The van der Waals surface area contributed by atoms with Crippen LogP contribution in [0.4, 0.5) is 22.2 Å². The zero-order valence-corrected chi connectivity index (χ0v) is 16.7. The maximum absolute atomic E-state index is 12.7. The van der Waals surface area contributed by atoms with Crippen LogP contribution in [0.2, 0.25) is 0 Å². The molecule has 1 fully saturated rings. The molecule has 2 amide bonds.